The van der Waals surface area contributed by atoms with Crippen LogP contribution >= 0.6 is 0 Å². The molecule has 0 aliphatic carbocycles. The lowest BCUT2D eigenvalue weighted by Crippen LogP contribution is -2.20. The highest BCUT2D eigenvalue weighted by atomic mass is 16.5. The zero-order chi connectivity index (χ0) is 29.9. The molecule has 2 heteroatoms. The summed E-state index contributed by atoms with van der Waals surface area (Å²) in [6.45, 7) is -10.9. The van der Waals surface area contributed by atoms with Gasteiger partial charge in [0.15, 0.2) is 0 Å². The predicted molar refractivity (Wildman–Crippen MR) is 84.0 cm³/mol. The van der Waals surface area contributed by atoms with Crippen LogP contribution < -0.4 is 0 Å². The van der Waals surface area contributed by atoms with Gasteiger partial charge in [0.25, 0.3) is 0 Å². The standard InChI is InChI=1S/C18H23NO/c1-15-9-7-8-12-17(15)18(20-14-13-19(2)3)16-10-5-4-6-11-16/h4-12,18H,13-14H2,1-3H3/i2D3,3D3,4D,5D,6D,7D,8D,9D,10D,11D,12D,13D2,18D. The lowest BCUT2D eigenvalue weighted by Gasteiger charge is -2.22. The van der Waals surface area contributed by atoms with Gasteiger partial charge in [0.05, 0.1) is 20.3 Å². The molecule has 0 spiro atoms. The van der Waals surface area contributed by atoms with Crippen LogP contribution in [0, 0.1) is 6.92 Å². The Hall–Kier alpha value is -1.64. The van der Waals surface area contributed by atoms with Crippen LogP contribution in [-0.2, 0) is 4.74 Å². The summed E-state index contributed by atoms with van der Waals surface area (Å²) in [5, 5.41) is 0. The Morgan fingerprint density at radius 2 is 1.90 bits per heavy atom. The van der Waals surface area contributed by atoms with E-state index >= 15 is 0 Å². The van der Waals surface area contributed by atoms with Crippen LogP contribution in [0.25, 0.3) is 0 Å². The molecule has 0 bridgehead atoms. The number of ether oxygens (including phenoxy) is 1. The largest absolute Gasteiger partial charge is 0.367 e. The van der Waals surface area contributed by atoms with Crippen LogP contribution in [0.5, 0.6) is 0 Å². The second-order valence-electron chi connectivity index (χ2n) is 3.61. The first-order valence-corrected chi connectivity index (χ1v) is 5.52. The summed E-state index contributed by atoms with van der Waals surface area (Å²) < 4.78 is 148. The number of hydrogen-bond donors (Lipinski definition) is 0. The molecule has 0 heterocycles. The van der Waals surface area contributed by atoms with Crippen LogP contribution in [-0.4, -0.2) is 32.0 Å². The van der Waals surface area contributed by atoms with Crippen molar-refractivity contribution in [1.82, 2.24) is 4.90 Å². The van der Waals surface area contributed by atoms with Crippen molar-refractivity contribution in [3.8, 4) is 0 Å². The van der Waals surface area contributed by atoms with E-state index < -0.39 is 104 Å². The van der Waals surface area contributed by atoms with Gasteiger partial charge >= 0.3 is 0 Å². The summed E-state index contributed by atoms with van der Waals surface area (Å²) in [7, 11) is 0. The van der Waals surface area contributed by atoms with Gasteiger partial charge in [-0.05, 0) is 37.6 Å². The molecule has 1 unspecified atom stereocenters. The van der Waals surface area contributed by atoms with Crippen LogP contribution in [0.2, 0.25) is 0 Å². The zero-order valence-electron chi connectivity index (χ0n) is 28.6. The van der Waals surface area contributed by atoms with Gasteiger partial charge in [-0.3, -0.25) is 0 Å². The Labute approximate surface area is 147 Å². The van der Waals surface area contributed by atoms with Gasteiger partial charge < -0.3 is 9.64 Å². The average Bonchev–Trinajstić information content (AvgIpc) is 2.75. The van der Waals surface area contributed by atoms with E-state index in [1.54, 1.807) is 0 Å². The molecule has 0 fully saturated rings. The molecule has 0 amide bonds. The predicted octanol–water partition coefficient (Wildman–Crippen LogP) is 3.66. The molecule has 0 saturated carbocycles. The van der Waals surface area contributed by atoms with Crippen LogP contribution in [0.15, 0.2) is 54.4 Å². The molecule has 0 N–H and O–H groups in total. The molecule has 1 atom stereocenters. The van der Waals surface area contributed by atoms with Crippen molar-refractivity contribution in [2.24, 2.45) is 0 Å². The second-order valence-corrected chi connectivity index (χ2v) is 3.61. The highest BCUT2D eigenvalue weighted by Gasteiger charge is 2.16. The Bertz CT molecular complexity index is 1110. The number of hydrogen-bond acceptors (Lipinski definition) is 2. The van der Waals surface area contributed by atoms with Crippen molar-refractivity contribution in [2.45, 2.75) is 13.0 Å². The van der Waals surface area contributed by atoms with Crippen LogP contribution in [0.1, 0.15) is 47.4 Å². The summed E-state index contributed by atoms with van der Waals surface area (Å²) in [5.74, 6) is 0. The number of likely N-dealkylation sites (N-methyl/N-ethyl adjacent to an activating group) is 1. The minimum absolute atomic E-state index is 0.345. The summed E-state index contributed by atoms with van der Waals surface area (Å²) in [6.07, 6.45) is -3.16. The zero-order valence-corrected chi connectivity index (χ0v) is 10.6. The normalized spacial score (nSPS) is 29.1. The van der Waals surface area contributed by atoms with E-state index in [2.05, 4.69) is 0 Å². The van der Waals surface area contributed by atoms with E-state index in [1.165, 1.54) is 0 Å². The van der Waals surface area contributed by atoms with E-state index in [1.807, 2.05) is 0 Å². The van der Waals surface area contributed by atoms with Crippen molar-refractivity contribution in [3.05, 3.63) is 71.1 Å². The minimum atomic E-state index is -3.54. The maximum atomic E-state index is 9.12. The lowest BCUT2D eigenvalue weighted by molar-refractivity contribution is 0.0683. The van der Waals surface area contributed by atoms with E-state index in [0.717, 1.165) is 6.92 Å². The van der Waals surface area contributed by atoms with Crippen LogP contribution in [0.3, 0.4) is 0 Å². The van der Waals surface area contributed by atoms with Gasteiger partial charge in [-0.1, -0.05) is 54.4 Å². The number of benzene rings is 2. The average molecular weight is 287 g/mol. The Morgan fingerprint density at radius 1 is 1.20 bits per heavy atom. The quantitative estimate of drug-likeness (QED) is 0.804. The molecule has 0 aliphatic rings. The monoisotopic (exact) mass is 287 g/mol. The molecule has 0 radical (unpaired) electrons. The molecule has 0 saturated heterocycles. The van der Waals surface area contributed by atoms with Crippen molar-refractivity contribution in [2.75, 3.05) is 27.1 Å². The molecular formula is C18H23NO. The molecule has 0 aromatic heterocycles. The Morgan fingerprint density at radius 3 is 2.65 bits per heavy atom. The third kappa shape index (κ3) is 3.92. The molecular weight excluding hydrogens is 246 g/mol. The fraction of sp³-hybridized carbons (Fsp3) is 0.333. The summed E-state index contributed by atoms with van der Waals surface area (Å²) in [4.78, 5) is -0.470. The topological polar surface area (TPSA) is 12.5 Å². The van der Waals surface area contributed by atoms with Crippen molar-refractivity contribution >= 4 is 0 Å². The second kappa shape index (κ2) is 7.22. The Balaban J connectivity index is 2.96. The van der Waals surface area contributed by atoms with Gasteiger partial charge in [0.1, 0.15) is 6.08 Å². The number of rotatable bonds is 6. The van der Waals surface area contributed by atoms with Crippen molar-refractivity contribution in [3.63, 3.8) is 0 Å². The molecule has 20 heavy (non-hydrogen) atoms. The summed E-state index contributed by atoms with van der Waals surface area (Å²) in [6, 6.07) is -7.92. The molecule has 106 valence electrons. The van der Waals surface area contributed by atoms with Gasteiger partial charge in [-0.25, -0.2) is 0 Å². The van der Waals surface area contributed by atoms with Crippen molar-refractivity contribution in [1.29, 1.82) is 0 Å². The third-order valence-corrected chi connectivity index (χ3v) is 2.27. The van der Waals surface area contributed by atoms with Gasteiger partial charge in [-0.15, -0.1) is 0 Å². The van der Waals surface area contributed by atoms with E-state index in [0.29, 0.717) is 0 Å². The van der Waals surface area contributed by atoms with Crippen molar-refractivity contribution < 1.29 is 29.4 Å². The molecule has 2 rings (SSSR count). The summed E-state index contributed by atoms with van der Waals surface area (Å²) >= 11 is 0. The molecule has 2 nitrogen and oxygen atoms in total. The SMILES string of the molecule is [2H]c1c([2H])c([2H])c(C([2H])(OCC([2H])([2H])N(C([2H])([2H])[2H])C([2H])([2H])[2H])c2c([2H])c([2H])c([2H])c([2H])c2C)c([2H])c1[2H]. The van der Waals surface area contributed by atoms with E-state index in [9.17, 15) is 0 Å². The third-order valence-electron chi connectivity index (χ3n) is 2.27. The fourth-order valence-electron chi connectivity index (χ4n) is 1.40. The first-order chi connectivity index (χ1) is 16.9. The van der Waals surface area contributed by atoms with E-state index in [4.69, 9.17) is 29.4 Å². The highest BCUT2D eigenvalue weighted by molar-refractivity contribution is 5.35. The fourth-order valence-corrected chi connectivity index (χ4v) is 1.40. The number of nitrogens with zero attached hydrogens (tertiary/aromatic N) is 1. The maximum Gasteiger partial charge on any atom is 0.108 e. The molecule has 2 aromatic carbocycles. The molecule has 2 aromatic rings. The van der Waals surface area contributed by atoms with Gasteiger partial charge in [0, 0.05) is 17.5 Å². The summed E-state index contributed by atoms with van der Waals surface area (Å²) in [5.41, 5.74) is -2.05. The minimum Gasteiger partial charge on any atom is -0.367 e. The highest BCUT2D eigenvalue weighted by Crippen LogP contribution is 2.28. The molecule has 0 aliphatic heterocycles. The maximum absolute atomic E-state index is 9.12. The van der Waals surface area contributed by atoms with Crippen LogP contribution in [0.4, 0.5) is 0 Å². The Kier molecular flexibility index (Phi) is 1.43. The van der Waals surface area contributed by atoms with Gasteiger partial charge in [-0.2, -0.15) is 0 Å². The smallest absolute Gasteiger partial charge is 0.108 e. The first kappa shape index (κ1) is 3.96. The van der Waals surface area contributed by atoms with E-state index in [-0.39, 0.29) is 5.56 Å². The van der Waals surface area contributed by atoms with Gasteiger partial charge in [0.2, 0.25) is 0 Å². The first-order valence-electron chi connectivity index (χ1n) is 14.5. The lowest BCUT2D eigenvalue weighted by atomic mass is 9.97.